The van der Waals surface area contributed by atoms with Gasteiger partial charge in [0.05, 0.1) is 4.88 Å². The number of hydrogen-bond donors (Lipinski definition) is 2. The zero-order chi connectivity index (χ0) is 19.5. The van der Waals surface area contributed by atoms with Crippen LogP contribution in [-0.2, 0) is 4.79 Å². The average molecular weight is 409 g/mol. The Morgan fingerprint density at radius 2 is 2.12 bits per heavy atom. The van der Waals surface area contributed by atoms with E-state index in [-0.39, 0.29) is 5.91 Å². The second-order valence-electron chi connectivity index (χ2n) is 5.87. The van der Waals surface area contributed by atoms with Crippen LogP contribution in [-0.4, -0.2) is 52.1 Å². The van der Waals surface area contributed by atoms with Gasteiger partial charge in [0.25, 0.3) is 5.91 Å². The van der Waals surface area contributed by atoms with Crippen LogP contribution in [0, 0.1) is 12.8 Å². The number of fused-ring (bicyclic) bond motifs is 1. The summed E-state index contributed by atoms with van der Waals surface area (Å²) in [4.78, 5) is 26.3. The second kappa shape index (κ2) is 8.31. The van der Waals surface area contributed by atoms with Crippen LogP contribution >= 0.6 is 22.9 Å². The molecule has 0 radical (unpaired) electrons. The number of halogens is 3. The first-order chi connectivity index (χ1) is 12.1. The van der Waals surface area contributed by atoms with Crippen molar-refractivity contribution in [3.05, 3.63) is 15.8 Å². The first-order valence-corrected chi connectivity index (χ1v) is 9.37. The average Bonchev–Trinajstić information content (AvgIpc) is 3.16. The molecule has 11 heteroatoms. The van der Waals surface area contributed by atoms with Crippen molar-refractivity contribution in [1.82, 2.24) is 9.27 Å². The van der Waals surface area contributed by atoms with E-state index >= 15 is 0 Å². The summed E-state index contributed by atoms with van der Waals surface area (Å²) in [5.41, 5.74) is 5.72. The largest absolute Gasteiger partial charge is 0.490 e. The highest BCUT2D eigenvalue weighted by molar-refractivity contribution is 7.22. The number of nitrogens with two attached hydrogens (primary N) is 1. The quantitative estimate of drug-likeness (QED) is 0.795. The summed E-state index contributed by atoms with van der Waals surface area (Å²) in [5, 5.41) is 8.26. The molecule has 1 fully saturated rings. The maximum absolute atomic E-state index is 12.5. The predicted molar refractivity (Wildman–Crippen MR) is 93.6 cm³/mol. The van der Waals surface area contributed by atoms with Crippen LogP contribution in [0.4, 0.5) is 13.2 Å². The van der Waals surface area contributed by atoms with E-state index in [0.29, 0.717) is 12.5 Å². The van der Waals surface area contributed by atoms with E-state index in [1.54, 1.807) is 0 Å². The Hall–Kier alpha value is -1.72. The van der Waals surface area contributed by atoms with Crippen molar-refractivity contribution in [2.75, 3.05) is 19.6 Å². The molecule has 0 unspecified atom stereocenters. The van der Waals surface area contributed by atoms with Crippen molar-refractivity contribution in [1.29, 1.82) is 0 Å². The number of carboxylic acids is 1. The lowest BCUT2D eigenvalue weighted by molar-refractivity contribution is -0.192. The molecular weight excluding hydrogens is 391 g/mol. The molecule has 1 aliphatic heterocycles. The molecule has 2 aromatic rings. The monoisotopic (exact) mass is 409 g/mol. The molecule has 1 aliphatic rings. The number of nitrogens with zero attached hydrogens (tertiary/aromatic N) is 2. The minimum atomic E-state index is -5.08. The van der Waals surface area contributed by atoms with Gasteiger partial charge in [0.2, 0.25) is 0 Å². The Morgan fingerprint density at radius 1 is 1.46 bits per heavy atom. The first-order valence-electron chi connectivity index (χ1n) is 7.78. The van der Waals surface area contributed by atoms with Crippen molar-refractivity contribution in [3.63, 3.8) is 0 Å². The smallest absolute Gasteiger partial charge is 0.475 e. The summed E-state index contributed by atoms with van der Waals surface area (Å²) in [6.45, 7) is 4.37. The molecule has 1 atom stereocenters. The Labute approximate surface area is 155 Å². The lowest BCUT2D eigenvalue weighted by Crippen LogP contribution is -2.41. The number of aromatic nitrogens is 1. The van der Waals surface area contributed by atoms with Gasteiger partial charge >= 0.3 is 12.1 Å². The number of carboxylic acid groups (broad SMARTS) is 1. The minimum absolute atomic E-state index is 0.144. The maximum Gasteiger partial charge on any atom is 0.490 e. The Kier molecular flexibility index (Phi) is 6.58. The van der Waals surface area contributed by atoms with Crippen molar-refractivity contribution in [3.8, 4) is 0 Å². The van der Waals surface area contributed by atoms with Crippen LogP contribution in [0.1, 0.15) is 27.4 Å². The number of hydrogen-bond acceptors (Lipinski definition) is 6. The Morgan fingerprint density at radius 3 is 2.65 bits per heavy atom. The number of alkyl halides is 3. The van der Waals surface area contributed by atoms with Crippen LogP contribution in [0.2, 0.25) is 0 Å². The molecule has 3 N–H and O–H groups in total. The molecule has 26 heavy (non-hydrogen) atoms. The van der Waals surface area contributed by atoms with Crippen LogP contribution < -0.4 is 5.73 Å². The normalized spacial score (nSPS) is 17.7. The fraction of sp³-hybridized carbons (Fsp3) is 0.533. The first kappa shape index (κ1) is 20.6. The molecular formula is C15H18F3N3O3S2. The maximum atomic E-state index is 12.5. The van der Waals surface area contributed by atoms with Crippen molar-refractivity contribution in [2.24, 2.45) is 11.7 Å². The highest BCUT2D eigenvalue weighted by Gasteiger charge is 2.38. The number of piperidine rings is 1. The zero-order valence-corrected chi connectivity index (χ0v) is 15.5. The number of likely N-dealkylation sites (tertiary alicyclic amines) is 1. The molecule has 6 nitrogen and oxygen atoms in total. The zero-order valence-electron chi connectivity index (χ0n) is 13.9. The third kappa shape index (κ3) is 4.92. The predicted octanol–water partition coefficient (Wildman–Crippen LogP) is 3.11. The lowest BCUT2D eigenvalue weighted by atomic mass is 9.98. The van der Waals surface area contributed by atoms with Crippen LogP contribution in [0.5, 0.6) is 0 Å². The van der Waals surface area contributed by atoms with Gasteiger partial charge in [-0.25, -0.2) is 4.79 Å². The number of carbonyl (C=O) groups is 2. The molecule has 0 bridgehead atoms. The lowest BCUT2D eigenvalue weighted by Gasteiger charge is -2.31. The molecule has 0 spiro atoms. The van der Waals surface area contributed by atoms with Gasteiger partial charge in [-0.2, -0.15) is 17.5 Å². The highest BCUT2D eigenvalue weighted by atomic mass is 32.1. The number of aliphatic carboxylic acids is 1. The molecule has 2 aromatic heterocycles. The molecule has 1 saturated heterocycles. The van der Waals surface area contributed by atoms with Gasteiger partial charge in [0.1, 0.15) is 4.83 Å². The summed E-state index contributed by atoms with van der Waals surface area (Å²) < 4.78 is 36.1. The topological polar surface area (TPSA) is 96.5 Å². The number of thiophene rings is 1. The summed E-state index contributed by atoms with van der Waals surface area (Å²) in [6, 6.07) is 1.99. The standard InChI is InChI=1S/C13H17N3OS2.C2HF3O2/c1-8-10-5-11(18-12(10)15-19-8)13(17)16-4-2-3-9(6-14)7-16;3-2(4,5)1(6)7/h5,9H,2-4,6-7,14H2,1H3;(H,6,7)/t9-;/m1./s1. The van der Waals surface area contributed by atoms with E-state index in [2.05, 4.69) is 4.37 Å². The molecule has 0 saturated carbocycles. The van der Waals surface area contributed by atoms with Gasteiger partial charge in [-0.05, 0) is 49.8 Å². The number of carbonyl (C=O) groups excluding carboxylic acids is 1. The van der Waals surface area contributed by atoms with Crippen molar-refractivity contribution >= 4 is 45.0 Å². The molecule has 0 aromatic carbocycles. The number of aryl methyl sites for hydroxylation is 1. The molecule has 0 aliphatic carbocycles. The highest BCUT2D eigenvalue weighted by Crippen LogP contribution is 2.31. The van der Waals surface area contributed by atoms with Crippen LogP contribution in [0.3, 0.4) is 0 Å². The van der Waals surface area contributed by atoms with Crippen molar-refractivity contribution in [2.45, 2.75) is 25.9 Å². The van der Waals surface area contributed by atoms with Gasteiger partial charge in [-0.15, -0.1) is 11.3 Å². The molecule has 3 rings (SSSR count). The fourth-order valence-corrected chi connectivity index (χ4v) is 4.38. The summed E-state index contributed by atoms with van der Waals surface area (Å²) in [6.07, 6.45) is -2.88. The van der Waals surface area contributed by atoms with Gasteiger partial charge < -0.3 is 15.7 Å². The van der Waals surface area contributed by atoms with E-state index in [9.17, 15) is 18.0 Å². The second-order valence-corrected chi connectivity index (χ2v) is 7.87. The fourth-order valence-electron chi connectivity index (χ4n) is 2.56. The minimum Gasteiger partial charge on any atom is -0.475 e. The van der Waals surface area contributed by atoms with Gasteiger partial charge in [0.15, 0.2) is 0 Å². The van der Waals surface area contributed by atoms with E-state index in [0.717, 1.165) is 41.0 Å². The number of amides is 1. The molecule has 144 valence electrons. The SMILES string of the molecule is Cc1snc2sc(C(=O)N3CCC[C@H](CN)C3)cc12.O=C(O)C(F)(F)F. The molecule has 3 heterocycles. The summed E-state index contributed by atoms with van der Waals surface area (Å²) in [7, 11) is 0. The van der Waals surface area contributed by atoms with Crippen molar-refractivity contribution < 1.29 is 27.9 Å². The van der Waals surface area contributed by atoms with E-state index in [1.807, 2.05) is 17.9 Å². The number of rotatable bonds is 2. The van der Waals surface area contributed by atoms with Crippen LogP contribution in [0.25, 0.3) is 10.2 Å². The van der Waals surface area contributed by atoms with E-state index in [4.69, 9.17) is 15.6 Å². The molecule has 1 amide bonds. The summed E-state index contributed by atoms with van der Waals surface area (Å²) in [5.74, 6) is -2.16. The Balaban J connectivity index is 0.000000298. The van der Waals surface area contributed by atoms with Gasteiger partial charge in [0, 0.05) is 23.4 Å². The van der Waals surface area contributed by atoms with E-state index in [1.165, 1.54) is 27.7 Å². The third-order valence-corrected chi connectivity index (χ3v) is 5.85. The summed E-state index contributed by atoms with van der Waals surface area (Å²) >= 11 is 3.01. The van der Waals surface area contributed by atoms with Gasteiger partial charge in [-0.1, -0.05) is 0 Å². The van der Waals surface area contributed by atoms with E-state index < -0.39 is 12.1 Å². The van der Waals surface area contributed by atoms with Crippen LogP contribution in [0.15, 0.2) is 6.07 Å². The third-order valence-electron chi connectivity index (χ3n) is 3.95. The Bertz CT molecular complexity index is 788. The van der Waals surface area contributed by atoms with Gasteiger partial charge in [-0.3, -0.25) is 4.79 Å².